The SMILES string of the molecule is C=C[C@@H]1C[C@@]1(NC(=O)C1CC(ON=C2c3ccccc3-c3ccccc32)CN1C(=O)Cc1ccccc1O)C(=O)NS(=O)(=O)C1CC1. The number of carbonyl (C=O) groups is 3. The van der Waals surface area contributed by atoms with Crippen molar-refractivity contribution >= 4 is 33.5 Å². The number of phenolic OH excluding ortho intramolecular Hbond substituents is 1. The van der Waals surface area contributed by atoms with Crippen molar-refractivity contribution in [2.75, 3.05) is 6.54 Å². The third-order valence-corrected chi connectivity index (χ3v) is 11.2. The van der Waals surface area contributed by atoms with Crippen LogP contribution >= 0.6 is 0 Å². The van der Waals surface area contributed by atoms with Crippen LogP contribution in [0, 0.1) is 5.92 Å². The molecule has 11 nitrogen and oxygen atoms in total. The Balaban J connectivity index is 1.14. The first-order valence-corrected chi connectivity index (χ1v) is 17.2. The van der Waals surface area contributed by atoms with Gasteiger partial charge in [0.25, 0.3) is 5.91 Å². The molecule has 242 valence electrons. The minimum atomic E-state index is -3.85. The highest BCUT2D eigenvalue weighted by Gasteiger charge is 2.62. The van der Waals surface area contributed by atoms with E-state index in [-0.39, 0.29) is 31.6 Å². The number of sulfonamides is 1. The van der Waals surface area contributed by atoms with E-state index in [1.54, 1.807) is 18.2 Å². The van der Waals surface area contributed by atoms with Gasteiger partial charge in [-0.3, -0.25) is 19.1 Å². The van der Waals surface area contributed by atoms with E-state index in [2.05, 4.69) is 21.8 Å². The number of hydrogen-bond acceptors (Lipinski definition) is 8. The van der Waals surface area contributed by atoms with E-state index < -0.39 is 56.6 Å². The number of oxime groups is 1. The largest absolute Gasteiger partial charge is 0.508 e. The fourth-order valence-electron chi connectivity index (χ4n) is 6.56. The van der Waals surface area contributed by atoms with Crippen molar-refractivity contribution in [3.05, 3.63) is 102 Å². The van der Waals surface area contributed by atoms with E-state index in [4.69, 9.17) is 4.84 Å². The number of nitrogens with one attached hydrogen (secondary N) is 2. The molecular formula is C35H34N4O7S. The Kier molecular flexibility index (Phi) is 7.62. The van der Waals surface area contributed by atoms with Gasteiger partial charge in [0.2, 0.25) is 21.8 Å². The molecular weight excluding hydrogens is 620 g/mol. The number of fused-ring (bicyclic) bond motifs is 3. The Labute approximate surface area is 272 Å². The molecule has 4 aliphatic rings. The van der Waals surface area contributed by atoms with E-state index in [1.165, 1.54) is 17.0 Å². The van der Waals surface area contributed by atoms with Gasteiger partial charge in [-0.2, -0.15) is 0 Å². The van der Waals surface area contributed by atoms with Crippen molar-refractivity contribution in [1.82, 2.24) is 14.9 Å². The summed E-state index contributed by atoms with van der Waals surface area (Å²) in [6, 6.07) is 21.1. The number of benzene rings is 3. The van der Waals surface area contributed by atoms with Crippen LogP contribution in [-0.4, -0.2) is 71.3 Å². The molecule has 0 radical (unpaired) electrons. The van der Waals surface area contributed by atoms with Crippen LogP contribution < -0.4 is 10.0 Å². The molecule has 3 amide bonds. The van der Waals surface area contributed by atoms with E-state index in [1.807, 2.05) is 48.5 Å². The van der Waals surface area contributed by atoms with Crippen molar-refractivity contribution < 1.29 is 32.7 Å². The summed E-state index contributed by atoms with van der Waals surface area (Å²) in [7, 11) is -3.85. The number of nitrogens with zero attached hydrogens (tertiary/aromatic N) is 2. The first kappa shape index (κ1) is 30.7. The van der Waals surface area contributed by atoms with Crippen molar-refractivity contribution in [3.63, 3.8) is 0 Å². The number of amides is 3. The van der Waals surface area contributed by atoms with Gasteiger partial charge in [-0.1, -0.05) is 78.0 Å². The quantitative estimate of drug-likeness (QED) is 0.176. The Hall–Kier alpha value is -4.97. The molecule has 12 heteroatoms. The molecule has 7 rings (SSSR count). The van der Waals surface area contributed by atoms with Crippen molar-refractivity contribution in [2.45, 2.75) is 55.0 Å². The topological polar surface area (TPSA) is 154 Å². The third-order valence-electron chi connectivity index (χ3n) is 9.42. The molecule has 1 heterocycles. The fraction of sp³-hybridized carbons (Fsp3) is 0.314. The average molecular weight is 655 g/mol. The number of likely N-dealkylation sites (tertiary alicyclic amines) is 1. The van der Waals surface area contributed by atoms with Crippen LogP contribution in [0.2, 0.25) is 0 Å². The zero-order valence-corrected chi connectivity index (χ0v) is 26.3. The number of phenols is 1. The molecule has 0 bridgehead atoms. The van der Waals surface area contributed by atoms with E-state index in [0.29, 0.717) is 24.1 Å². The smallest absolute Gasteiger partial charge is 0.259 e. The Morgan fingerprint density at radius 3 is 2.19 bits per heavy atom. The molecule has 1 saturated heterocycles. The number of para-hydroxylation sites is 1. The normalized spacial score (nSPS) is 24.1. The van der Waals surface area contributed by atoms with Crippen molar-refractivity contribution in [1.29, 1.82) is 0 Å². The van der Waals surface area contributed by atoms with Crippen LogP contribution in [0.3, 0.4) is 0 Å². The van der Waals surface area contributed by atoms with Gasteiger partial charge in [0, 0.05) is 29.0 Å². The highest BCUT2D eigenvalue weighted by Crippen LogP contribution is 2.45. The molecule has 47 heavy (non-hydrogen) atoms. The zero-order valence-electron chi connectivity index (χ0n) is 25.5. The number of carbonyl (C=O) groups excluding carboxylic acids is 3. The number of rotatable bonds is 10. The van der Waals surface area contributed by atoms with Crippen LogP contribution in [-0.2, 0) is 35.7 Å². The van der Waals surface area contributed by atoms with E-state index in [9.17, 15) is 27.9 Å². The van der Waals surface area contributed by atoms with Gasteiger partial charge >= 0.3 is 0 Å². The molecule has 4 atom stereocenters. The van der Waals surface area contributed by atoms with Gasteiger partial charge in [-0.15, -0.1) is 6.58 Å². The molecule has 2 saturated carbocycles. The molecule has 0 aromatic heterocycles. The van der Waals surface area contributed by atoms with Gasteiger partial charge in [0.1, 0.15) is 29.1 Å². The second-order valence-electron chi connectivity index (χ2n) is 12.5. The summed E-state index contributed by atoms with van der Waals surface area (Å²) in [5, 5.41) is 17.0. The molecule has 3 fully saturated rings. The summed E-state index contributed by atoms with van der Waals surface area (Å²) in [6.07, 6.45) is 1.89. The fourth-order valence-corrected chi connectivity index (χ4v) is 7.93. The van der Waals surface area contributed by atoms with Gasteiger partial charge in [0.15, 0.2) is 0 Å². The van der Waals surface area contributed by atoms with Crippen molar-refractivity contribution in [2.24, 2.45) is 11.1 Å². The maximum absolute atomic E-state index is 13.9. The molecule has 3 N–H and O–H groups in total. The molecule has 2 unspecified atom stereocenters. The number of hydrogen-bond donors (Lipinski definition) is 3. The maximum Gasteiger partial charge on any atom is 0.259 e. The van der Waals surface area contributed by atoms with Crippen LogP contribution in [0.4, 0.5) is 0 Å². The standard InChI is InChI=1S/C35H34N4O7S/c1-2-22-19-35(22,34(43)38-47(44,45)24-15-16-24)36-33(42)29-18-23(20-39(29)31(41)17-21-9-3-8-14-30(21)40)46-37-32-27-12-6-4-10-25(27)26-11-5-7-13-28(26)32/h2-14,22-24,29,40H,1,15-20H2,(H,36,42)(H,38,43)/t22-,23?,29?,35+/m1/s1. The summed E-state index contributed by atoms with van der Waals surface area (Å²) in [4.78, 5) is 48.4. The van der Waals surface area contributed by atoms with Gasteiger partial charge in [-0.25, -0.2) is 8.42 Å². The zero-order chi connectivity index (χ0) is 32.9. The lowest BCUT2D eigenvalue weighted by atomic mass is 10.1. The molecule has 1 aliphatic heterocycles. The first-order chi connectivity index (χ1) is 22.6. The Morgan fingerprint density at radius 1 is 0.979 bits per heavy atom. The predicted octanol–water partition coefficient (Wildman–Crippen LogP) is 3.02. The highest BCUT2D eigenvalue weighted by molar-refractivity contribution is 7.91. The summed E-state index contributed by atoms with van der Waals surface area (Å²) in [6.45, 7) is 3.78. The van der Waals surface area contributed by atoms with E-state index >= 15 is 0 Å². The second kappa shape index (κ2) is 11.7. The molecule has 3 aromatic rings. The average Bonchev–Trinajstić information content (AvgIpc) is 3.97. The number of aromatic hydroxyl groups is 1. The Bertz CT molecular complexity index is 1890. The summed E-state index contributed by atoms with van der Waals surface area (Å²) in [5.74, 6) is -2.38. The highest BCUT2D eigenvalue weighted by atomic mass is 32.2. The second-order valence-corrected chi connectivity index (χ2v) is 14.5. The lowest BCUT2D eigenvalue weighted by Gasteiger charge is -2.26. The maximum atomic E-state index is 13.9. The van der Waals surface area contributed by atoms with Crippen molar-refractivity contribution in [3.8, 4) is 16.9 Å². The Morgan fingerprint density at radius 2 is 1.60 bits per heavy atom. The molecule has 0 spiro atoms. The van der Waals surface area contributed by atoms with Gasteiger partial charge in [0.05, 0.1) is 18.2 Å². The minimum Gasteiger partial charge on any atom is -0.508 e. The van der Waals surface area contributed by atoms with Crippen LogP contribution in [0.5, 0.6) is 5.75 Å². The summed E-state index contributed by atoms with van der Waals surface area (Å²) < 4.78 is 27.3. The van der Waals surface area contributed by atoms with E-state index in [0.717, 1.165) is 22.3 Å². The monoisotopic (exact) mass is 654 g/mol. The predicted molar refractivity (Wildman–Crippen MR) is 174 cm³/mol. The van der Waals surface area contributed by atoms with Gasteiger partial charge < -0.3 is 20.2 Å². The lowest BCUT2D eigenvalue weighted by Crippen LogP contribution is -2.56. The molecule has 3 aromatic carbocycles. The first-order valence-electron chi connectivity index (χ1n) is 15.6. The minimum absolute atomic E-state index is 0.0325. The summed E-state index contributed by atoms with van der Waals surface area (Å²) in [5.41, 5.74) is 3.43. The lowest BCUT2D eigenvalue weighted by molar-refractivity contribution is -0.139. The van der Waals surface area contributed by atoms with Crippen LogP contribution in [0.15, 0.2) is 90.6 Å². The third kappa shape index (κ3) is 5.67. The summed E-state index contributed by atoms with van der Waals surface area (Å²) >= 11 is 0. The molecule has 3 aliphatic carbocycles. The van der Waals surface area contributed by atoms with Crippen LogP contribution in [0.1, 0.15) is 42.4 Å². The van der Waals surface area contributed by atoms with Gasteiger partial charge in [-0.05, 0) is 36.5 Å². The van der Waals surface area contributed by atoms with Crippen LogP contribution in [0.25, 0.3) is 11.1 Å².